The molecule has 1 aromatic heterocycles. The number of hydrogen-bond acceptors (Lipinski definition) is 6. The summed E-state index contributed by atoms with van der Waals surface area (Å²) in [7, 11) is -3.42. The molecule has 0 saturated carbocycles. The number of amides is 1. The van der Waals surface area contributed by atoms with Crippen molar-refractivity contribution in [3.05, 3.63) is 31.0 Å². The zero-order chi connectivity index (χ0) is 19.3. The second kappa shape index (κ2) is 8.81. The number of anilines is 1. The molecule has 1 N–H and O–H groups in total. The van der Waals surface area contributed by atoms with Crippen LogP contribution in [-0.4, -0.2) is 80.9 Å². The van der Waals surface area contributed by atoms with Crippen LogP contribution < -0.4 is 10.2 Å². The number of carbonyl (C=O) groups is 1. The highest BCUT2D eigenvalue weighted by Crippen LogP contribution is 2.22. The summed E-state index contributed by atoms with van der Waals surface area (Å²) in [6.07, 6.45) is 4.95. The molecular weight excluding hydrogens is 366 g/mol. The lowest BCUT2D eigenvalue weighted by atomic mass is 10.3. The average Bonchev–Trinajstić information content (AvgIpc) is 3.23. The second-order valence-electron chi connectivity index (χ2n) is 6.82. The highest BCUT2D eigenvalue weighted by Gasteiger charge is 2.28. The predicted octanol–water partition coefficient (Wildman–Crippen LogP) is 0.290. The third-order valence-electron chi connectivity index (χ3n) is 4.93. The molecule has 3 heterocycles. The van der Waals surface area contributed by atoms with Gasteiger partial charge in [-0.05, 0) is 25.0 Å². The van der Waals surface area contributed by atoms with Crippen molar-refractivity contribution >= 4 is 21.7 Å². The van der Waals surface area contributed by atoms with Crippen molar-refractivity contribution in [1.82, 2.24) is 19.5 Å². The number of aromatic nitrogens is 1. The Hall–Kier alpha value is -1.97. The third kappa shape index (κ3) is 4.85. The lowest BCUT2D eigenvalue weighted by Gasteiger charge is -2.35. The Kier molecular flexibility index (Phi) is 6.46. The molecule has 0 aromatic carbocycles. The smallest absolute Gasteiger partial charge is 0.244 e. The van der Waals surface area contributed by atoms with Gasteiger partial charge in [-0.3, -0.25) is 9.69 Å². The minimum Gasteiger partial charge on any atom is -0.354 e. The number of nitrogens with one attached hydrogen (secondary N) is 1. The molecule has 2 fully saturated rings. The summed E-state index contributed by atoms with van der Waals surface area (Å²) in [5.41, 5.74) is 0. The molecule has 0 bridgehead atoms. The van der Waals surface area contributed by atoms with Gasteiger partial charge in [0.2, 0.25) is 15.9 Å². The molecule has 0 unspecified atom stereocenters. The van der Waals surface area contributed by atoms with E-state index in [1.807, 2.05) is 0 Å². The van der Waals surface area contributed by atoms with Crippen molar-refractivity contribution in [2.24, 2.45) is 0 Å². The van der Waals surface area contributed by atoms with E-state index in [9.17, 15) is 13.2 Å². The topological polar surface area (TPSA) is 85.8 Å². The van der Waals surface area contributed by atoms with E-state index in [1.54, 1.807) is 18.2 Å². The highest BCUT2D eigenvalue weighted by molar-refractivity contribution is 7.89. The van der Waals surface area contributed by atoms with Gasteiger partial charge in [0.1, 0.15) is 10.7 Å². The fourth-order valence-corrected chi connectivity index (χ4v) is 4.83. The quantitative estimate of drug-likeness (QED) is 0.670. The van der Waals surface area contributed by atoms with Crippen molar-refractivity contribution in [2.75, 3.05) is 57.3 Å². The van der Waals surface area contributed by atoms with Gasteiger partial charge in [-0.25, -0.2) is 13.4 Å². The first-order valence-electron chi connectivity index (χ1n) is 9.32. The predicted molar refractivity (Wildman–Crippen MR) is 104 cm³/mol. The molecule has 9 heteroatoms. The van der Waals surface area contributed by atoms with Gasteiger partial charge in [-0.2, -0.15) is 4.31 Å². The van der Waals surface area contributed by atoms with Crippen LogP contribution in [0.5, 0.6) is 0 Å². The standard InChI is InChI=1S/C18H27N5O3S/c1-2-7-19-18(24)15-21-10-12-22(13-11-21)17-6-5-16(14-20-17)27(25,26)23-8-3-4-9-23/h2,5-6,14H,1,3-4,7-13,15H2,(H,19,24). The van der Waals surface area contributed by atoms with Gasteiger partial charge in [0.05, 0.1) is 6.54 Å². The van der Waals surface area contributed by atoms with Crippen LogP contribution in [0.15, 0.2) is 35.9 Å². The van der Waals surface area contributed by atoms with Crippen molar-refractivity contribution in [1.29, 1.82) is 0 Å². The molecule has 27 heavy (non-hydrogen) atoms. The summed E-state index contributed by atoms with van der Waals surface area (Å²) in [6, 6.07) is 3.42. The molecule has 0 aliphatic carbocycles. The number of hydrogen-bond donors (Lipinski definition) is 1. The molecule has 2 aliphatic heterocycles. The zero-order valence-corrected chi connectivity index (χ0v) is 16.3. The molecule has 0 radical (unpaired) electrons. The van der Waals surface area contributed by atoms with Gasteiger partial charge in [-0.1, -0.05) is 6.08 Å². The Balaban J connectivity index is 1.54. The highest BCUT2D eigenvalue weighted by atomic mass is 32.2. The van der Waals surface area contributed by atoms with E-state index < -0.39 is 10.0 Å². The number of carbonyl (C=O) groups excluding carboxylic acids is 1. The molecule has 3 rings (SSSR count). The summed E-state index contributed by atoms with van der Waals surface area (Å²) in [6.45, 7) is 8.64. The van der Waals surface area contributed by atoms with Crippen molar-refractivity contribution in [3.63, 3.8) is 0 Å². The Bertz CT molecular complexity index is 752. The Morgan fingerprint density at radius 3 is 2.44 bits per heavy atom. The van der Waals surface area contributed by atoms with Crippen LogP contribution in [0, 0.1) is 0 Å². The lowest BCUT2D eigenvalue weighted by molar-refractivity contribution is -0.122. The first kappa shape index (κ1) is 19.8. The van der Waals surface area contributed by atoms with Crippen LogP contribution in [0.25, 0.3) is 0 Å². The maximum atomic E-state index is 12.6. The number of piperazine rings is 1. The van der Waals surface area contributed by atoms with E-state index >= 15 is 0 Å². The first-order valence-corrected chi connectivity index (χ1v) is 10.8. The van der Waals surface area contributed by atoms with Gasteiger partial charge in [0.25, 0.3) is 0 Å². The van der Waals surface area contributed by atoms with Crippen molar-refractivity contribution in [3.8, 4) is 0 Å². The van der Waals surface area contributed by atoms with Crippen LogP contribution in [0.2, 0.25) is 0 Å². The number of pyridine rings is 1. The van der Waals surface area contributed by atoms with Gasteiger partial charge >= 0.3 is 0 Å². The summed E-state index contributed by atoms with van der Waals surface area (Å²) in [5.74, 6) is 0.768. The molecule has 148 valence electrons. The largest absolute Gasteiger partial charge is 0.354 e. The van der Waals surface area contributed by atoms with E-state index in [1.165, 1.54) is 10.5 Å². The molecule has 8 nitrogen and oxygen atoms in total. The van der Waals surface area contributed by atoms with E-state index in [0.29, 0.717) is 26.2 Å². The lowest BCUT2D eigenvalue weighted by Crippen LogP contribution is -2.49. The second-order valence-corrected chi connectivity index (χ2v) is 8.76. The molecule has 2 saturated heterocycles. The fourth-order valence-electron chi connectivity index (χ4n) is 3.37. The number of rotatable bonds is 7. The van der Waals surface area contributed by atoms with Crippen molar-refractivity contribution in [2.45, 2.75) is 17.7 Å². The maximum absolute atomic E-state index is 12.6. The minimum absolute atomic E-state index is 0.00190. The van der Waals surface area contributed by atoms with E-state index in [4.69, 9.17) is 0 Å². The summed E-state index contributed by atoms with van der Waals surface area (Å²) in [5, 5.41) is 2.78. The average molecular weight is 394 g/mol. The maximum Gasteiger partial charge on any atom is 0.244 e. The summed E-state index contributed by atoms with van der Waals surface area (Å²) < 4.78 is 26.7. The van der Waals surface area contributed by atoms with Gasteiger partial charge < -0.3 is 10.2 Å². The minimum atomic E-state index is -3.42. The SMILES string of the molecule is C=CCNC(=O)CN1CCN(c2ccc(S(=O)(=O)N3CCCC3)cn2)CC1. The monoisotopic (exact) mass is 393 g/mol. The van der Waals surface area contributed by atoms with Gasteiger partial charge in [0, 0.05) is 52.0 Å². The van der Waals surface area contributed by atoms with Crippen LogP contribution in [-0.2, 0) is 14.8 Å². The van der Waals surface area contributed by atoms with E-state index in [2.05, 4.69) is 26.7 Å². The molecule has 0 spiro atoms. The molecule has 2 aliphatic rings. The first-order chi connectivity index (χ1) is 13.0. The number of sulfonamides is 1. The molecular formula is C18H27N5O3S. The summed E-state index contributed by atoms with van der Waals surface area (Å²) in [4.78, 5) is 20.6. The Labute approximate surface area is 160 Å². The van der Waals surface area contributed by atoms with Gasteiger partial charge in [-0.15, -0.1) is 6.58 Å². The number of nitrogens with zero attached hydrogens (tertiary/aromatic N) is 4. The molecule has 0 atom stereocenters. The normalized spacial score (nSPS) is 19.2. The van der Waals surface area contributed by atoms with Crippen LogP contribution >= 0.6 is 0 Å². The molecule has 1 amide bonds. The third-order valence-corrected chi connectivity index (χ3v) is 6.81. The van der Waals surface area contributed by atoms with E-state index in [-0.39, 0.29) is 10.8 Å². The molecule has 1 aromatic rings. The fraction of sp³-hybridized carbons (Fsp3) is 0.556. The Morgan fingerprint density at radius 2 is 1.85 bits per heavy atom. The Morgan fingerprint density at radius 1 is 1.15 bits per heavy atom. The van der Waals surface area contributed by atoms with Crippen LogP contribution in [0.4, 0.5) is 5.82 Å². The van der Waals surface area contributed by atoms with Gasteiger partial charge in [0.15, 0.2) is 0 Å². The van der Waals surface area contributed by atoms with Crippen LogP contribution in [0.1, 0.15) is 12.8 Å². The van der Waals surface area contributed by atoms with E-state index in [0.717, 1.165) is 44.8 Å². The zero-order valence-electron chi connectivity index (χ0n) is 15.5. The van der Waals surface area contributed by atoms with Crippen LogP contribution in [0.3, 0.4) is 0 Å². The van der Waals surface area contributed by atoms with Crippen molar-refractivity contribution < 1.29 is 13.2 Å². The summed E-state index contributed by atoms with van der Waals surface area (Å²) >= 11 is 0.